The highest BCUT2D eigenvalue weighted by atomic mass is 15.4. The monoisotopic (exact) mass is 128 g/mol. The molecule has 1 saturated heterocycles. The molecule has 0 aromatic heterocycles. The maximum absolute atomic E-state index is 4.07. The average molecular weight is 128 g/mol. The summed E-state index contributed by atoms with van der Waals surface area (Å²) in [6.45, 7) is 4.77. The fourth-order valence-corrected chi connectivity index (χ4v) is 1.05. The van der Waals surface area contributed by atoms with Crippen LogP contribution in [-0.4, -0.2) is 49.7 Å². The van der Waals surface area contributed by atoms with Crippen LogP contribution in [0, 0.1) is 7.05 Å². The Labute approximate surface area is 57.7 Å². The van der Waals surface area contributed by atoms with Crippen LogP contribution in [0.5, 0.6) is 0 Å². The maximum Gasteiger partial charge on any atom is 0.0673 e. The van der Waals surface area contributed by atoms with E-state index in [1.165, 1.54) is 26.2 Å². The second-order valence-electron chi connectivity index (χ2n) is 3.37. The first-order valence-corrected chi connectivity index (χ1v) is 3.48. The number of quaternary nitrogens is 1. The van der Waals surface area contributed by atoms with E-state index in [9.17, 15) is 0 Å². The van der Waals surface area contributed by atoms with E-state index in [2.05, 4.69) is 26.0 Å². The van der Waals surface area contributed by atoms with Crippen LogP contribution in [-0.2, 0) is 0 Å². The molecular weight excluding hydrogens is 112 g/mol. The van der Waals surface area contributed by atoms with Crippen molar-refractivity contribution in [2.24, 2.45) is 0 Å². The Morgan fingerprint density at radius 3 is 2.11 bits per heavy atom. The molecule has 0 N–H and O–H groups in total. The summed E-state index contributed by atoms with van der Waals surface area (Å²) in [5.74, 6) is 0. The lowest BCUT2D eigenvalue weighted by atomic mass is 10.3. The number of hydrogen-bond donors (Lipinski definition) is 0. The molecule has 0 spiro atoms. The molecule has 54 valence electrons. The Kier molecular flexibility index (Phi) is 1.78. The second kappa shape index (κ2) is 2.27. The van der Waals surface area contributed by atoms with Gasteiger partial charge in [-0.2, -0.15) is 0 Å². The third kappa shape index (κ3) is 1.95. The zero-order chi connectivity index (χ0) is 6.91. The van der Waals surface area contributed by atoms with Crippen molar-refractivity contribution in [3.8, 4) is 0 Å². The van der Waals surface area contributed by atoms with Gasteiger partial charge in [-0.25, -0.2) is 0 Å². The van der Waals surface area contributed by atoms with Crippen molar-refractivity contribution in [3.05, 3.63) is 7.05 Å². The molecule has 1 aliphatic heterocycles. The SMILES string of the molecule is [CH2-][N+]1(C)CCN(C)CC1. The molecule has 1 fully saturated rings. The molecule has 2 heteroatoms. The van der Waals surface area contributed by atoms with E-state index in [0.29, 0.717) is 0 Å². The van der Waals surface area contributed by atoms with Gasteiger partial charge in [-0.15, -0.1) is 7.05 Å². The molecule has 0 aromatic carbocycles. The Hall–Kier alpha value is -0.0800. The van der Waals surface area contributed by atoms with E-state index in [1.807, 2.05) is 0 Å². The van der Waals surface area contributed by atoms with E-state index in [-0.39, 0.29) is 0 Å². The maximum atomic E-state index is 4.07. The predicted octanol–water partition coefficient (Wildman–Crippen LogP) is 0.170. The zero-order valence-electron chi connectivity index (χ0n) is 6.43. The fraction of sp³-hybridized carbons (Fsp3) is 0.857. The first kappa shape index (κ1) is 7.03. The number of likely N-dealkylation sites (N-methyl/N-ethyl adjacent to an activating group) is 2. The van der Waals surface area contributed by atoms with E-state index in [0.717, 1.165) is 4.48 Å². The smallest absolute Gasteiger partial charge is 0.0673 e. The highest BCUT2D eigenvalue weighted by Crippen LogP contribution is 2.04. The lowest BCUT2D eigenvalue weighted by Gasteiger charge is -2.44. The molecule has 0 amide bonds. The van der Waals surface area contributed by atoms with E-state index < -0.39 is 0 Å². The molecule has 0 radical (unpaired) electrons. The van der Waals surface area contributed by atoms with Crippen molar-refractivity contribution in [3.63, 3.8) is 0 Å². The van der Waals surface area contributed by atoms with Gasteiger partial charge in [-0.1, -0.05) is 0 Å². The Bertz CT molecular complexity index is 89.1. The van der Waals surface area contributed by atoms with Crippen molar-refractivity contribution in [1.82, 2.24) is 4.90 Å². The average Bonchev–Trinajstić information content (AvgIpc) is 1.78. The molecule has 0 aliphatic carbocycles. The normalized spacial score (nSPS) is 28.3. The third-order valence-corrected chi connectivity index (χ3v) is 2.04. The molecule has 1 aliphatic rings. The van der Waals surface area contributed by atoms with Crippen LogP contribution in [0.3, 0.4) is 0 Å². The van der Waals surface area contributed by atoms with Crippen LogP contribution in [0.25, 0.3) is 0 Å². The predicted molar refractivity (Wildman–Crippen MR) is 38.8 cm³/mol. The lowest BCUT2D eigenvalue weighted by Crippen LogP contribution is -2.52. The minimum absolute atomic E-state index is 0.949. The van der Waals surface area contributed by atoms with Crippen molar-refractivity contribution >= 4 is 0 Å². The Balaban J connectivity index is 2.35. The first-order chi connectivity index (χ1) is 4.10. The number of piperazine rings is 1. The van der Waals surface area contributed by atoms with Crippen molar-refractivity contribution < 1.29 is 4.48 Å². The summed E-state index contributed by atoms with van der Waals surface area (Å²) in [6, 6.07) is 0. The van der Waals surface area contributed by atoms with Gasteiger partial charge in [0.1, 0.15) is 0 Å². The van der Waals surface area contributed by atoms with E-state index in [4.69, 9.17) is 0 Å². The molecular formula is C7H16N2. The highest BCUT2D eigenvalue weighted by Gasteiger charge is 2.16. The summed E-state index contributed by atoms with van der Waals surface area (Å²) in [6.07, 6.45) is 0. The van der Waals surface area contributed by atoms with Crippen LogP contribution < -0.4 is 0 Å². The van der Waals surface area contributed by atoms with E-state index in [1.54, 1.807) is 0 Å². The number of rotatable bonds is 0. The van der Waals surface area contributed by atoms with Crippen LogP contribution in [0.1, 0.15) is 0 Å². The quantitative estimate of drug-likeness (QED) is 0.332. The zero-order valence-corrected chi connectivity index (χ0v) is 6.43. The molecule has 0 unspecified atom stereocenters. The van der Waals surface area contributed by atoms with Crippen molar-refractivity contribution in [1.29, 1.82) is 0 Å². The summed E-state index contributed by atoms with van der Waals surface area (Å²) < 4.78 is 0.949. The van der Waals surface area contributed by atoms with Gasteiger partial charge >= 0.3 is 0 Å². The summed E-state index contributed by atoms with van der Waals surface area (Å²) in [7, 11) is 8.43. The molecule has 0 atom stereocenters. The van der Waals surface area contributed by atoms with Gasteiger partial charge in [0.15, 0.2) is 0 Å². The van der Waals surface area contributed by atoms with Gasteiger partial charge < -0.3 is 4.48 Å². The molecule has 1 rings (SSSR count). The van der Waals surface area contributed by atoms with E-state index >= 15 is 0 Å². The Morgan fingerprint density at radius 1 is 1.33 bits per heavy atom. The first-order valence-electron chi connectivity index (χ1n) is 3.48. The minimum atomic E-state index is 0.949. The van der Waals surface area contributed by atoms with Gasteiger partial charge in [0.25, 0.3) is 0 Å². The van der Waals surface area contributed by atoms with Crippen LogP contribution in [0.4, 0.5) is 0 Å². The Morgan fingerprint density at radius 2 is 1.78 bits per heavy atom. The standard InChI is InChI=1S/C7H16N2/c1-8-4-6-9(2,3)7-5-8/h2,4-7H2,1,3H3. The second-order valence-corrected chi connectivity index (χ2v) is 3.37. The summed E-state index contributed by atoms with van der Waals surface area (Å²) in [4.78, 5) is 2.35. The molecule has 1 heterocycles. The topological polar surface area (TPSA) is 3.24 Å². The molecule has 0 saturated carbocycles. The summed E-state index contributed by atoms with van der Waals surface area (Å²) in [5, 5.41) is 0. The largest absolute Gasteiger partial charge is 0.457 e. The molecule has 9 heavy (non-hydrogen) atoms. The number of hydrogen-bond acceptors (Lipinski definition) is 1. The number of nitrogens with zero attached hydrogens (tertiary/aromatic N) is 2. The van der Waals surface area contributed by atoms with Crippen molar-refractivity contribution in [2.45, 2.75) is 0 Å². The third-order valence-electron chi connectivity index (χ3n) is 2.04. The molecule has 0 aromatic rings. The molecule has 2 nitrogen and oxygen atoms in total. The van der Waals surface area contributed by atoms with Crippen LogP contribution >= 0.6 is 0 Å². The van der Waals surface area contributed by atoms with Crippen LogP contribution in [0.15, 0.2) is 0 Å². The van der Waals surface area contributed by atoms with Gasteiger partial charge in [0.05, 0.1) is 13.1 Å². The van der Waals surface area contributed by atoms with Crippen molar-refractivity contribution in [2.75, 3.05) is 40.3 Å². The van der Waals surface area contributed by atoms with Gasteiger partial charge in [0, 0.05) is 20.1 Å². The van der Waals surface area contributed by atoms with Gasteiger partial charge in [-0.3, -0.25) is 4.90 Å². The van der Waals surface area contributed by atoms with Gasteiger partial charge in [0.2, 0.25) is 0 Å². The lowest BCUT2D eigenvalue weighted by molar-refractivity contribution is -0.870. The van der Waals surface area contributed by atoms with Gasteiger partial charge in [-0.05, 0) is 7.05 Å². The molecule has 0 bridgehead atoms. The fourth-order valence-electron chi connectivity index (χ4n) is 1.05. The highest BCUT2D eigenvalue weighted by molar-refractivity contribution is 4.56. The summed E-state index contributed by atoms with van der Waals surface area (Å²) >= 11 is 0. The summed E-state index contributed by atoms with van der Waals surface area (Å²) in [5.41, 5.74) is 0. The minimum Gasteiger partial charge on any atom is -0.457 e. The van der Waals surface area contributed by atoms with Crippen LogP contribution in [0.2, 0.25) is 0 Å².